The Morgan fingerprint density at radius 2 is 1.73 bits per heavy atom. The van der Waals surface area contributed by atoms with Crippen molar-refractivity contribution in [1.82, 2.24) is 0 Å². The second-order valence-electron chi connectivity index (χ2n) is 4.78. The number of hydrogen-bond donors (Lipinski definition) is 1. The Morgan fingerprint density at radius 1 is 1.05 bits per heavy atom. The third kappa shape index (κ3) is 3.28. The number of carbonyl (C=O) groups is 1. The van der Waals surface area contributed by atoms with Gasteiger partial charge in [0.05, 0.1) is 19.8 Å². The Balaban J connectivity index is 2.35. The van der Waals surface area contributed by atoms with Gasteiger partial charge in [-0.1, -0.05) is 6.07 Å². The Bertz CT molecular complexity index is 700. The molecule has 0 heterocycles. The van der Waals surface area contributed by atoms with Crippen LogP contribution in [0.2, 0.25) is 0 Å². The van der Waals surface area contributed by atoms with Crippen molar-refractivity contribution in [2.45, 2.75) is 6.92 Å². The molecule has 0 amide bonds. The molecule has 4 heteroatoms. The zero-order chi connectivity index (χ0) is 16.1. The topological polar surface area (TPSA) is 55.8 Å². The second-order valence-corrected chi connectivity index (χ2v) is 4.78. The summed E-state index contributed by atoms with van der Waals surface area (Å²) in [7, 11) is 3.16. The van der Waals surface area contributed by atoms with E-state index >= 15 is 0 Å². The fraction of sp³-hybridized carbons (Fsp3) is 0.167. The largest absolute Gasteiger partial charge is 0.508 e. The van der Waals surface area contributed by atoms with Crippen LogP contribution in [0.25, 0.3) is 6.08 Å². The highest BCUT2D eigenvalue weighted by atomic mass is 16.5. The molecule has 0 unspecified atom stereocenters. The van der Waals surface area contributed by atoms with Gasteiger partial charge < -0.3 is 14.6 Å². The van der Waals surface area contributed by atoms with Crippen molar-refractivity contribution in [3.63, 3.8) is 0 Å². The first-order valence-electron chi connectivity index (χ1n) is 6.80. The van der Waals surface area contributed by atoms with Gasteiger partial charge in [-0.05, 0) is 55.0 Å². The van der Waals surface area contributed by atoms with Crippen molar-refractivity contribution in [3.05, 3.63) is 59.2 Å². The summed E-state index contributed by atoms with van der Waals surface area (Å²) in [5.74, 6) is 1.28. The van der Waals surface area contributed by atoms with Crippen molar-refractivity contribution in [2.24, 2.45) is 0 Å². The van der Waals surface area contributed by atoms with Crippen LogP contribution in [-0.4, -0.2) is 25.1 Å². The Labute approximate surface area is 129 Å². The fourth-order valence-electron chi connectivity index (χ4n) is 2.18. The van der Waals surface area contributed by atoms with Crippen LogP contribution in [0, 0.1) is 6.92 Å². The summed E-state index contributed by atoms with van der Waals surface area (Å²) in [6.07, 6.45) is 3.14. The molecule has 0 saturated carbocycles. The molecular formula is C18H18O4. The van der Waals surface area contributed by atoms with Crippen LogP contribution >= 0.6 is 0 Å². The van der Waals surface area contributed by atoms with Gasteiger partial charge in [0.1, 0.15) is 17.2 Å². The lowest BCUT2D eigenvalue weighted by Crippen LogP contribution is -1.97. The minimum atomic E-state index is -0.161. The number of phenols is 1. The lowest BCUT2D eigenvalue weighted by atomic mass is 10.1. The molecule has 114 valence electrons. The molecule has 0 bridgehead atoms. The number of aryl methyl sites for hydroxylation is 1. The Hall–Kier alpha value is -2.75. The average Bonchev–Trinajstić information content (AvgIpc) is 2.53. The molecule has 1 N–H and O–H groups in total. The normalized spacial score (nSPS) is 10.7. The maximum absolute atomic E-state index is 12.2. The molecule has 0 radical (unpaired) electrons. The number of aromatic hydroxyl groups is 1. The van der Waals surface area contributed by atoms with E-state index in [0.29, 0.717) is 17.1 Å². The number of rotatable bonds is 5. The van der Waals surface area contributed by atoms with Crippen LogP contribution in [0.4, 0.5) is 0 Å². The highest BCUT2D eigenvalue weighted by molar-refractivity contribution is 6.07. The molecule has 0 aromatic heterocycles. The van der Waals surface area contributed by atoms with E-state index in [4.69, 9.17) is 9.47 Å². The first-order valence-corrected chi connectivity index (χ1v) is 6.80. The molecule has 0 aliphatic heterocycles. The van der Waals surface area contributed by atoms with E-state index in [0.717, 1.165) is 11.1 Å². The lowest BCUT2D eigenvalue weighted by molar-refractivity contribution is 0.104. The second kappa shape index (κ2) is 6.80. The molecule has 0 saturated heterocycles. The summed E-state index contributed by atoms with van der Waals surface area (Å²) >= 11 is 0. The molecule has 0 spiro atoms. The minimum absolute atomic E-state index is 0.127. The van der Waals surface area contributed by atoms with Gasteiger partial charge in [0.15, 0.2) is 5.78 Å². The summed E-state index contributed by atoms with van der Waals surface area (Å²) in [4.78, 5) is 12.2. The molecule has 0 aliphatic carbocycles. The summed E-state index contributed by atoms with van der Waals surface area (Å²) in [5, 5.41) is 9.25. The van der Waals surface area contributed by atoms with Gasteiger partial charge in [-0.3, -0.25) is 4.79 Å². The lowest BCUT2D eigenvalue weighted by Gasteiger charge is -2.12. The van der Waals surface area contributed by atoms with Crippen molar-refractivity contribution >= 4 is 11.9 Å². The number of phenolic OH excluding ortho intramolecular Hbond substituents is 1. The predicted octanol–water partition coefficient (Wildman–Crippen LogP) is 3.61. The third-order valence-electron chi connectivity index (χ3n) is 3.33. The van der Waals surface area contributed by atoms with E-state index in [1.165, 1.54) is 18.2 Å². The summed E-state index contributed by atoms with van der Waals surface area (Å²) in [6, 6.07) is 9.85. The molecule has 4 nitrogen and oxygen atoms in total. The van der Waals surface area contributed by atoms with Gasteiger partial charge in [0, 0.05) is 5.56 Å². The van der Waals surface area contributed by atoms with Gasteiger partial charge in [0.2, 0.25) is 0 Å². The maximum atomic E-state index is 12.2. The molecular weight excluding hydrogens is 280 g/mol. The first kappa shape index (κ1) is 15.6. The predicted molar refractivity (Wildman–Crippen MR) is 85.8 cm³/mol. The van der Waals surface area contributed by atoms with Crippen molar-refractivity contribution in [3.8, 4) is 17.2 Å². The third-order valence-corrected chi connectivity index (χ3v) is 3.33. The number of ketones is 1. The monoisotopic (exact) mass is 298 g/mol. The van der Waals surface area contributed by atoms with Crippen LogP contribution < -0.4 is 9.47 Å². The molecule has 22 heavy (non-hydrogen) atoms. The standard InChI is InChI=1S/C18H18O4/c1-12-4-11-17(21-2)15(18(12)22-3)9-10-16(20)13-5-7-14(19)8-6-13/h4-11,19H,1-3H3/b10-9+. The quantitative estimate of drug-likeness (QED) is 0.676. The maximum Gasteiger partial charge on any atom is 0.185 e. The highest BCUT2D eigenvalue weighted by Gasteiger charge is 2.11. The minimum Gasteiger partial charge on any atom is -0.508 e. The molecule has 0 atom stereocenters. The van der Waals surface area contributed by atoms with E-state index in [2.05, 4.69) is 0 Å². The molecule has 2 aromatic carbocycles. The number of methoxy groups -OCH3 is 2. The van der Waals surface area contributed by atoms with Gasteiger partial charge in [-0.15, -0.1) is 0 Å². The van der Waals surface area contributed by atoms with E-state index in [-0.39, 0.29) is 11.5 Å². The molecule has 2 aromatic rings. The number of ether oxygens (including phenoxy) is 2. The summed E-state index contributed by atoms with van der Waals surface area (Å²) < 4.78 is 10.7. The van der Waals surface area contributed by atoms with Crippen LogP contribution in [0.3, 0.4) is 0 Å². The number of carbonyl (C=O) groups excluding carboxylic acids is 1. The van der Waals surface area contributed by atoms with Gasteiger partial charge in [0.25, 0.3) is 0 Å². The van der Waals surface area contributed by atoms with Gasteiger partial charge in [-0.25, -0.2) is 0 Å². The van der Waals surface area contributed by atoms with Crippen molar-refractivity contribution in [2.75, 3.05) is 14.2 Å². The molecule has 0 fully saturated rings. The number of benzene rings is 2. The van der Waals surface area contributed by atoms with Crippen LogP contribution in [0.1, 0.15) is 21.5 Å². The van der Waals surface area contributed by atoms with E-state index < -0.39 is 0 Å². The average molecular weight is 298 g/mol. The SMILES string of the molecule is COc1ccc(C)c(OC)c1/C=C/C(=O)c1ccc(O)cc1. The Morgan fingerprint density at radius 3 is 2.32 bits per heavy atom. The highest BCUT2D eigenvalue weighted by Crippen LogP contribution is 2.33. The molecule has 2 rings (SSSR count). The smallest absolute Gasteiger partial charge is 0.185 e. The van der Waals surface area contributed by atoms with E-state index in [9.17, 15) is 9.90 Å². The van der Waals surface area contributed by atoms with E-state index in [1.54, 1.807) is 32.4 Å². The van der Waals surface area contributed by atoms with Crippen LogP contribution in [0.5, 0.6) is 17.2 Å². The van der Waals surface area contributed by atoms with Gasteiger partial charge in [-0.2, -0.15) is 0 Å². The fourth-order valence-corrected chi connectivity index (χ4v) is 2.18. The Kier molecular flexibility index (Phi) is 4.84. The summed E-state index contributed by atoms with van der Waals surface area (Å²) in [6.45, 7) is 1.93. The summed E-state index contributed by atoms with van der Waals surface area (Å²) in [5.41, 5.74) is 2.18. The first-order chi connectivity index (χ1) is 10.6. The zero-order valence-electron chi connectivity index (χ0n) is 12.8. The van der Waals surface area contributed by atoms with Crippen molar-refractivity contribution in [1.29, 1.82) is 0 Å². The number of hydrogen-bond acceptors (Lipinski definition) is 4. The van der Waals surface area contributed by atoms with E-state index in [1.807, 2.05) is 19.1 Å². The molecule has 0 aliphatic rings. The number of allylic oxidation sites excluding steroid dienone is 1. The van der Waals surface area contributed by atoms with Crippen LogP contribution in [-0.2, 0) is 0 Å². The zero-order valence-corrected chi connectivity index (χ0v) is 12.8. The van der Waals surface area contributed by atoms with Crippen molar-refractivity contribution < 1.29 is 19.4 Å². The van der Waals surface area contributed by atoms with Crippen LogP contribution in [0.15, 0.2) is 42.5 Å². The van der Waals surface area contributed by atoms with Gasteiger partial charge >= 0.3 is 0 Å².